The molecule has 0 saturated carbocycles. The van der Waals surface area contributed by atoms with Crippen molar-refractivity contribution in [3.8, 4) is 0 Å². The Hall–Kier alpha value is -1.11. The predicted octanol–water partition coefficient (Wildman–Crippen LogP) is 1.73. The van der Waals surface area contributed by atoms with Gasteiger partial charge in [0, 0.05) is 31.5 Å². The summed E-state index contributed by atoms with van der Waals surface area (Å²) in [5.41, 5.74) is 0.949. The highest BCUT2D eigenvalue weighted by atomic mass is 35.5. The van der Waals surface area contributed by atoms with Crippen LogP contribution in [0.2, 0.25) is 0 Å². The molecule has 0 aromatic heterocycles. The number of likely N-dealkylation sites (tertiary alicyclic amines) is 1. The van der Waals surface area contributed by atoms with Crippen LogP contribution in [-0.2, 0) is 9.84 Å². The van der Waals surface area contributed by atoms with E-state index < -0.39 is 9.84 Å². The minimum Gasteiger partial charge on any atom is -0.339 e. The first kappa shape index (κ1) is 18.2. The minimum absolute atomic E-state index is 0. The highest BCUT2D eigenvalue weighted by Gasteiger charge is 2.38. The Bertz CT molecular complexity index is 657. The Morgan fingerprint density at radius 2 is 1.74 bits per heavy atom. The average Bonchev–Trinajstić information content (AvgIpc) is 2.95. The van der Waals surface area contributed by atoms with Crippen LogP contribution in [0.4, 0.5) is 0 Å². The third-order valence-corrected chi connectivity index (χ3v) is 6.10. The first-order chi connectivity index (χ1) is 10.4. The van der Waals surface area contributed by atoms with Crippen molar-refractivity contribution in [3.05, 3.63) is 29.8 Å². The number of carbonyl (C=O) groups is 1. The van der Waals surface area contributed by atoms with E-state index in [0.717, 1.165) is 39.0 Å². The molecular weight excluding hydrogens is 336 g/mol. The molecule has 1 N–H and O–H groups in total. The Morgan fingerprint density at radius 3 is 2.22 bits per heavy atom. The summed E-state index contributed by atoms with van der Waals surface area (Å²) in [4.78, 5) is 14.7. The van der Waals surface area contributed by atoms with E-state index in [4.69, 9.17) is 0 Å². The van der Waals surface area contributed by atoms with Crippen molar-refractivity contribution in [1.29, 1.82) is 0 Å². The van der Waals surface area contributed by atoms with E-state index in [1.54, 1.807) is 12.1 Å². The van der Waals surface area contributed by atoms with Gasteiger partial charge in [-0.2, -0.15) is 0 Å². The van der Waals surface area contributed by atoms with Crippen molar-refractivity contribution in [3.63, 3.8) is 0 Å². The first-order valence-corrected chi connectivity index (χ1v) is 9.59. The molecule has 2 saturated heterocycles. The highest BCUT2D eigenvalue weighted by Crippen LogP contribution is 2.37. The number of benzene rings is 1. The zero-order chi connectivity index (χ0) is 15.8. The van der Waals surface area contributed by atoms with Gasteiger partial charge in [0.05, 0.1) is 4.90 Å². The van der Waals surface area contributed by atoms with E-state index in [9.17, 15) is 13.2 Å². The molecule has 2 fully saturated rings. The van der Waals surface area contributed by atoms with Crippen molar-refractivity contribution < 1.29 is 13.2 Å². The summed E-state index contributed by atoms with van der Waals surface area (Å²) in [6.45, 7) is 3.72. The topological polar surface area (TPSA) is 66.5 Å². The molecule has 2 heterocycles. The van der Waals surface area contributed by atoms with Gasteiger partial charge in [0.2, 0.25) is 0 Å². The summed E-state index contributed by atoms with van der Waals surface area (Å²) in [7, 11) is -3.22. The van der Waals surface area contributed by atoms with Gasteiger partial charge in [-0.1, -0.05) is 0 Å². The molecule has 1 aromatic rings. The second kappa shape index (κ2) is 6.79. The fourth-order valence-corrected chi connectivity index (χ4v) is 4.06. The average molecular weight is 359 g/mol. The van der Waals surface area contributed by atoms with Gasteiger partial charge in [-0.05, 0) is 55.5 Å². The number of rotatable bonds is 2. The molecule has 0 bridgehead atoms. The van der Waals surface area contributed by atoms with Crippen LogP contribution in [0.1, 0.15) is 29.6 Å². The largest absolute Gasteiger partial charge is 0.339 e. The van der Waals surface area contributed by atoms with Crippen molar-refractivity contribution in [2.24, 2.45) is 5.41 Å². The first-order valence-electron chi connectivity index (χ1n) is 7.70. The standard InChI is InChI=1S/C16H22N2O3S.ClH/c1-22(20,21)14-4-2-13(3-5-14)15(19)18-10-7-16(8-11-18)6-9-17-12-16;/h2-5,17H,6-12H2,1H3;1H. The molecule has 0 aliphatic carbocycles. The Kier molecular flexibility index (Phi) is 5.38. The van der Waals surface area contributed by atoms with Gasteiger partial charge in [0.1, 0.15) is 0 Å². The molecule has 2 aliphatic heterocycles. The van der Waals surface area contributed by atoms with E-state index in [0.29, 0.717) is 11.0 Å². The Balaban J connectivity index is 0.00000192. The molecular formula is C16H23ClN2O3S. The van der Waals surface area contributed by atoms with Crippen molar-refractivity contribution in [2.45, 2.75) is 24.2 Å². The molecule has 1 spiro atoms. The minimum atomic E-state index is -3.22. The van der Waals surface area contributed by atoms with Gasteiger partial charge in [-0.25, -0.2) is 8.42 Å². The third kappa shape index (κ3) is 3.87. The molecule has 0 radical (unpaired) electrons. The molecule has 1 amide bonds. The molecule has 128 valence electrons. The van der Waals surface area contributed by atoms with Crippen molar-refractivity contribution in [2.75, 3.05) is 32.4 Å². The molecule has 0 atom stereocenters. The number of amides is 1. The molecule has 1 aromatic carbocycles. The van der Waals surface area contributed by atoms with Crippen LogP contribution in [0.5, 0.6) is 0 Å². The number of hydrogen-bond acceptors (Lipinski definition) is 4. The van der Waals surface area contributed by atoms with E-state index in [1.165, 1.54) is 24.8 Å². The number of hydrogen-bond donors (Lipinski definition) is 1. The monoisotopic (exact) mass is 358 g/mol. The number of sulfone groups is 1. The van der Waals surface area contributed by atoms with E-state index in [2.05, 4.69) is 5.32 Å². The SMILES string of the molecule is CS(=O)(=O)c1ccc(C(=O)N2CCC3(CCNC3)CC2)cc1.Cl. The second-order valence-electron chi connectivity index (χ2n) is 6.52. The van der Waals surface area contributed by atoms with Crippen molar-refractivity contribution >= 4 is 28.2 Å². The molecule has 3 rings (SSSR count). The maximum absolute atomic E-state index is 12.5. The fourth-order valence-electron chi connectivity index (χ4n) is 3.43. The van der Waals surface area contributed by atoms with E-state index in [-0.39, 0.29) is 23.2 Å². The summed E-state index contributed by atoms with van der Waals surface area (Å²) >= 11 is 0. The maximum Gasteiger partial charge on any atom is 0.253 e. The molecule has 0 unspecified atom stereocenters. The van der Waals surface area contributed by atoms with Crippen LogP contribution in [0.25, 0.3) is 0 Å². The lowest BCUT2D eigenvalue weighted by molar-refractivity contribution is 0.0607. The van der Waals surface area contributed by atoms with Gasteiger partial charge >= 0.3 is 0 Å². The number of halogens is 1. The van der Waals surface area contributed by atoms with Crippen LogP contribution >= 0.6 is 12.4 Å². The summed E-state index contributed by atoms with van der Waals surface area (Å²) in [5, 5.41) is 3.42. The van der Waals surface area contributed by atoms with E-state index in [1.807, 2.05) is 4.90 Å². The number of nitrogens with one attached hydrogen (secondary N) is 1. The Morgan fingerprint density at radius 1 is 1.13 bits per heavy atom. The smallest absolute Gasteiger partial charge is 0.253 e. The fraction of sp³-hybridized carbons (Fsp3) is 0.562. The zero-order valence-corrected chi connectivity index (χ0v) is 14.9. The lowest BCUT2D eigenvalue weighted by Crippen LogP contribution is -2.44. The summed E-state index contributed by atoms with van der Waals surface area (Å²) < 4.78 is 22.9. The quantitative estimate of drug-likeness (QED) is 0.874. The lowest BCUT2D eigenvalue weighted by atomic mass is 9.78. The van der Waals surface area contributed by atoms with Crippen LogP contribution in [-0.4, -0.2) is 51.7 Å². The van der Waals surface area contributed by atoms with Crippen molar-refractivity contribution in [1.82, 2.24) is 10.2 Å². The van der Waals surface area contributed by atoms with Gasteiger partial charge in [0.25, 0.3) is 5.91 Å². The second-order valence-corrected chi connectivity index (χ2v) is 8.53. The summed E-state index contributed by atoms with van der Waals surface area (Å²) in [5.74, 6) is 0.000794. The van der Waals surface area contributed by atoms with Gasteiger partial charge < -0.3 is 10.2 Å². The number of piperidine rings is 1. The zero-order valence-electron chi connectivity index (χ0n) is 13.2. The Labute approximate surface area is 143 Å². The molecule has 2 aliphatic rings. The number of carbonyl (C=O) groups excluding carboxylic acids is 1. The molecule has 7 heteroatoms. The van der Waals surface area contributed by atoms with Crippen LogP contribution in [0, 0.1) is 5.41 Å². The van der Waals surface area contributed by atoms with E-state index >= 15 is 0 Å². The maximum atomic E-state index is 12.5. The third-order valence-electron chi connectivity index (χ3n) is 4.97. The lowest BCUT2D eigenvalue weighted by Gasteiger charge is -2.38. The molecule has 5 nitrogen and oxygen atoms in total. The van der Waals surface area contributed by atoms with Crippen LogP contribution < -0.4 is 5.32 Å². The highest BCUT2D eigenvalue weighted by molar-refractivity contribution is 7.90. The summed E-state index contributed by atoms with van der Waals surface area (Å²) in [6.07, 6.45) is 4.47. The summed E-state index contributed by atoms with van der Waals surface area (Å²) in [6, 6.07) is 6.24. The predicted molar refractivity (Wildman–Crippen MR) is 91.9 cm³/mol. The normalized spacial score (nSPS) is 20.3. The van der Waals surface area contributed by atoms with Crippen LogP contribution in [0.3, 0.4) is 0 Å². The van der Waals surface area contributed by atoms with Gasteiger partial charge in [-0.3, -0.25) is 4.79 Å². The van der Waals surface area contributed by atoms with Gasteiger partial charge in [0.15, 0.2) is 9.84 Å². The van der Waals surface area contributed by atoms with Gasteiger partial charge in [-0.15, -0.1) is 12.4 Å². The number of nitrogens with zero attached hydrogens (tertiary/aromatic N) is 1. The van der Waals surface area contributed by atoms with Crippen LogP contribution in [0.15, 0.2) is 29.2 Å². The molecule has 23 heavy (non-hydrogen) atoms.